The highest BCUT2D eigenvalue weighted by atomic mass is 16.5. The lowest BCUT2D eigenvalue weighted by Crippen LogP contribution is -2.31. The smallest absolute Gasteiger partial charge is 0.109 e. The summed E-state index contributed by atoms with van der Waals surface area (Å²) in [6.45, 7) is 6.11. The van der Waals surface area contributed by atoms with E-state index in [4.69, 9.17) is 4.74 Å². The van der Waals surface area contributed by atoms with Gasteiger partial charge in [-0.15, -0.1) is 0 Å². The molecule has 98 valence electrons. The quantitative estimate of drug-likeness (QED) is 0.831. The van der Waals surface area contributed by atoms with Crippen molar-refractivity contribution in [1.82, 2.24) is 5.32 Å². The van der Waals surface area contributed by atoms with Gasteiger partial charge in [-0.1, -0.05) is 36.8 Å². The summed E-state index contributed by atoms with van der Waals surface area (Å²) in [4.78, 5) is 0. The molecule has 0 aliphatic carbocycles. The van der Waals surface area contributed by atoms with Crippen LogP contribution in [0.25, 0.3) is 0 Å². The molecule has 1 aliphatic rings. The number of hydrogen-bond donors (Lipinski definition) is 1. The average molecular weight is 245 g/mol. The molecule has 0 radical (unpaired) electrons. The molecule has 2 heteroatoms. The lowest BCUT2D eigenvalue weighted by Gasteiger charge is -2.19. The van der Waals surface area contributed by atoms with Gasteiger partial charge >= 0.3 is 0 Å². The molecule has 0 spiro atoms. The number of benzene rings is 1. The second-order valence-corrected chi connectivity index (χ2v) is 4.88. The van der Waals surface area contributed by atoms with Crippen molar-refractivity contribution < 1.29 is 4.74 Å². The first-order valence-corrected chi connectivity index (χ1v) is 6.91. The molecule has 0 saturated heterocycles. The van der Waals surface area contributed by atoms with Gasteiger partial charge in [-0.2, -0.15) is 0 Å². The van der Waals surface area contributed by atoms with Crippen LogP contribution in [0, 0.1) is 6.92 Å². The van der Waals surface area contributed by atoms with Gasteiger partial charge in [0, 0.05) is 6.42 Å². The predicted octanol–water partition coefficient (Wildman–Crippen LogP) is 3.21. The molecule has 18 heavy (non-hydrogen) atoms. The van der Waals surface area contributed by atoms with Crippen molar-refractivity contribution in [3.63, 3.8) is 0 Å². The molecule has 1 atom stereocenters. The summed E-state index contributed by atoms with van der Waals surface area (Å²) < 4.78 is 5.67. The third-order valence-corrected chi connectivity index (χ3v) is 3.37. The Morgan fingerprint density at radius 2 is 2.06 bits per heavy atom. The Labute approximate surface area is 110 Å². The predicted molar refractivity (Wildman–Crippen MR) is 75.6 cm³/mol. The first-order chi connectivity index (χ1) is 8.79. The van der Waals surface area contributed by atoms with Crippen molar-refractivity contribution in [3.05, 3.63) is 47.2 Å². The van der Waals surface area contributed by atoms with Gasteiger partial charge in [-0.3, -0.25) is 0 Å². The summed E-state index contributed by atoms with van der Waals surface area (Å²) in [5, 5.41) is 3.51. The maximum atomic E-state index is 5.67. The van der Waals surface area contributed by atoms with Gasteiger partial charge < -0.3 is 10.1 Å². The Morgan fingerprint density at radius 3 is 2.67 bits per heavy atom. The molecule has 0 saturated carbocycles. The van der Waals surface area contributed by atoms with Crippen LogP contribution in [0.4, 0.5) is 0 Å². The molecule has 2 rings (SSSR count). The molecule has 1 heterocycles. The lowest BCUT2D eigenvalue weighted by molar-refractivity contribution is 0.212. The first kappa shape index (κ1) is 13.2. The highest BCUT2D eigenvalue weighted by Gasteiger charge is 2.17. The summed E-state index contributed by atoms with van der Waals surface area (Å²) in [5.41, 5.74) is 2.73. The number of ether oxygens (including phenoxy) is 1. The molecule has 0 bridgehead atoms. The molecular formula is C16H23NO. The van der Waals surface area contributed by atoms with Crippen LogP contribution < -0.4 is 5.32 Å². The SMILES string of the molecule is CCNC(CCc1ccc(C)cc1)C1=CCCO1. The molecule has 0 amide bonds. The molecule has 2 nitrogen and oxygen atoms in total. The number of nitrogens with one attached hydrogen (secondary N) is 1. The van der Waals surface area contributed by atoms with E-state index in [-0.39, 0.29) is 0 Å². The van der Waals surface area contributed by atoms with E-state index in [9.17, 15) is 0 Å². The topological polar surface area (TPSA) is 21.3 Å². The highest BCUT2D eigenvalue weighted by Crippen LogP contribution is 2.18. The van der Waals surface area contributed by atoms with Crippen LogP contribution in [-0.2, 0) is 11.2 Å². The largest absolute Gasteiger partial charge is 0.496 e. The van der Waals surface area contributed by atoms with E-state index < -0.39 is 0 Å². The molecule has 1 N–H and O–H groups in total. The highest BCUT2D eigenvalue weighted by molar-refractivity contribution is 5.22. The third-order valence-electron chi connectivity index (χ3n) is 3.37. The van der Waals surface area contributed by atoms with Crippen LogP contribution >= 0.6 is 0 Å². The van der Waals surface area contributed by atoms with Crippen LogP contribution in [0.2, 0.25) is 0 Å². The molecule has 1 aromatic rings. The molecule has 1 unspecified atom stereocenters. The van der Waals surface area contributed by atoms with Crippen LogP contribution in [0.3, 0.4) is 0 Å². The number of likely N-dealkylation sites (N-methyl/N-ethyl adjacent to an activating group) is 1. The number of hydrogen-bond acceptors (Lipinski definition) is 2. The minimum Gasteiger partial charge on any atom is -0.496 e. The summed E-state index contributed by atoms with van der Waals surface area (Å²) in [5.74, 6) is 1.14. The minimum atomic E-state index is 0.374. The second-order valence-electron chi connectivity index (χ2n) is 4.88. The Morgan fingerprint density at radius 1 is 1.28 bits per heavy atom. The fourth-order valence-corrected chi connectivity index (χ4v) is 2.34. The van der Waals surface area contributed by atoms with E-state index in [0.717, 1.165) is 38.2 Å². The monoisotopic (exact) mass is 245 g/mol. The van der Waals surface area contributed by atoms with Gasteiger partial charge in [-0.25, -0.2) is 0 Å². The summed E-state index contributed by atoms with van der Waals surface area (Å²) >= 11 is 0. The zero-order chi connectivity index (χ0) is 12.8. The van der Waals surface area contributed by atoms with E-state index in [1.807, 2.05) is 0 Å². The maximum absolute atomic E-state index is 5.67. The number of rotatable bonds is 6. The van der Waals surface area contributed by atoms with E-state index >= 15 is 0 Å². The van der Waals surface area contributed by atoms with E-state index in [0.29, 0.717) is 6.04 Å². The molecular weight excluding hydrogens is 222 g/mol. The summed E-state index contributed by atoms with van der Waals surface area (Å²) in [6, 6.07) is 9.19. The Balaban J connectivity index is 1.90. The van der Waals surface area contributed by atoms with Crippen LogP contribution in [-0.4, -0.2) is 19.2 Å². The van der Waals surface area contributed by atoms with Crippen LogP contribution in [0.1, 0.15) is 30.9 Å². The van der Waals surface area contributed by atoms with Crippen molar-refractivity contribution in [2.45, 2.75) is 39.2 Å². The molecule has 1 aliphatic heterocycles. The lowest BCUT2D eigenvalue weighted by atomic mass is 10.0. The Hall–Kier alpha value is -1.28. The third kappa shape index (κ3) is 3.61. The number of aryl methyl sites for hydroxylation is 2. The van der Waals surface area contributed by atoms with Crippen molar-refractivity contribution in [1.29, 1.82) is 0 Å². The summed E-state index contributed by atoms with van der Waals surface area (Å²) in [7, 11) is 0. The van der Waals surface area contributed by atoms with E-state index in [1.165, 1.54) is 11.1 Å². The maximum Gasteiger partial charge on any atom is 0.109 e. The second kappa shape index (κ2) is 6.60. The van der Waals surface area contributed by atoms with Gasteiger partial charge in [0.1, 0.15) is 5.76 Å². The van der Waals surface area contributed by atoms with E-state index in [2.05, 4.69) is 49.5 Å². The normalized spacial score (nSPS) is 16.2. The van der Waals surface area contributed by atoms with Gasteiger partial charge in [0.05, 0.1) is 12.6 Å². The first-order valence-electron chi connectivity index (χ1n) is 6.91. The zero-order valence-corrected chi connectivity index (χ0v) is 11.4. The molecule has 1 aromatic carbocycles. The fraction of sp³-hybridized carbons (Fsp3) is 0.500. The average Bonchev–Trinajstić information content (AvgIpc) is 2.90. The zero-order valence-electron chi connectivity index (χ0n) is 11.4. The van der Waals surface area contributed by atoms with Gasteiger partial charge in [0.2, 0.25) is 0 Å². The molecule has 0 aromatic heterocycles. The fourth-order valence-electron chi connectivity index (χ4n) is 2.34. The van der Waals surface area contributed by atoms with Crippen molar-refractivity contribution in [2.24, 2.45) is 0 Å². The van der Waals surface area contributed by atoms with Crippen molar-refractivity contribution >= 4 is 0 Å². The Kier molecular flexibility index (Phi) is 4.82. The Bertz CT molecular complexity index is 394. The van der Waals surface area contributed by atoms with E-state index in [1.54, 1.807) is 0 Å². The van der Waals surface area contributed by atoms with Gasteiger partial charge in [-0.05, 0) is 37.9 Å². The van der Waals surface area contributed by atoms with Crippen molar-refractivity contribution in [3.8, 4) is 0 Å². The van der Waals surface area contributed by atoms with Crippen LogP contribution in [0.15, 0.2) is 36.1 Å². The minimum absolute atomic E-state index is 0.374. The molecule has 0 fully saturated rings. The van der Waals surface area contributed by atoms with Gasteiger partial charge in [0.15, 0.2) is 0 Å². The standard InChI is InChI=1S/C16H23NO/c1-3-17-15(16-5-4-12-18-16)11-10-14-8-6-13(2)7-9-14/h5-9,15,17H,3-4,10-12H2,1-2H3. The van der Waals surface area contributed by atoms with Crippen molar-refractivity contribution in [2.75, 3.05) is 13.2 Å². The van der Waals surface area contributed by atoms with Crippen LogP contribution in [0.5, 0.6) is 0 Å². The summed E-state index contributed by atoms with van der Waals surface area (Å²) in [6.07, 6.45) is 5.48. The van der Waals surface area contributed by atoms with Gasteiger partial charge in [0.25, 0.3) is 0 Å².